The van der Waals surface area contributed by atoms with Crippen LogP contribution < -0.4 is 10.1 Å². The summed E-state index contributed by atoms with van der Waals surface area (Å²) in [5.41, 5.74) is 4.92. The van der Waals surface area contributed by atoms with E-state index in [9.17, 15) is 4.79 Å². The first-order valence-electron chi connectivity index (χ1n) is 9.96. The Bertz CT molecular complexity index is 1090. The van der Waals surface area contributed by atoms with Crippen molar-refractivity contribution >= 4 is 17.7 Å². The van der Waals surface area contributed by atoms with E-state index in [0.717, 1.165) is 33.8 Å². The topological polar surface area (TPSA) is 67.0 Å². The van der Waals surface area contributed by atoms with Crippen LogP contribution in [-0.2, 0) is 11.3 Å². The van der Waals surface area contributed by atoms with Crippen molar-refractivity contribution in [2.45, 2.75) is 11.7 Å². The molecule has 0 unspecified atom stereocenters. The molecule has 0 fully saturated rings. The summed E-state index contributed by atoms with van der Waals surface area (Å²) in [6.07, 6.45) is 0. The first kappa shape index (κ1) is 20.8. The van der Waals surface area contributed by atoms with Crippen molar-refractivity contribution in [2.24, 2.45) is 0 Å². The summed E-state index contributed by atoms with van der Waals surface area (Å²) in [5, 5.41) is 3.67. The van der Waals surface area contributed by atoms with E-state index in [1.165, 1.54) is 11.8 Å². The second-order valence-electron chi connectivity index (χ2n) is 6.91. The van der Waals surface area contributed by atoms with Gasteiger partial charge in [0, 0.05) is 17.7 Å². The predicted octanol–water partition coefficient (Wildman–Crippen LogP) is 5.16. The number of hydrogen-bond donors (Lipinski definition) is 2. The molecule has 0 radical (unpaired) electrons. The average Bonchev–Trinajstić information content (AvgIpc) is 3.27. The van der Waals surface area contributed by atoms with E-state index in [4.69, 9.17) is 9.72 Å². The molecule has 1 aromatic heterocycles. The lowest BCUT2D eigenvalue weighted by Crippen LogP contribution is -2.24. The summed E-state index contributed by atoms with van der Waals surface area (Å²) >= 11 is 1.39. The predicted molar refractivity (Wildman–Crippen MR) is 125 cm³/mol. The van der Waals surface area contributed by atoms with Crippen LogP contribution in [0.3, 0.4) is 0 Å². The molecule has 3 aromatic carbocycles. The lowest BCUT2D eigenvalue weighted by molar-refractivity contribution is -0.118. The monoisotopic (exact) mass is 429 g/mol. The number of benzene rings is 3. The molecule has 0 atom stereocenters. The number of aromatic amines is 1. The Labute approximate surface area is 185 Å². The van der Waals surface area contributed by atoms with E-state index in [1.54, 1.807) is 7.11 Å². The van der Waals surface area contributed by atoms with Gasteiger partial charge in [0.15, 0.2) is 5.16 Å². The molecular formula is C25H23N3O2S. The molecule has 0 aliphatic heterocycles. The highest BCUT2D eigenvalue weighted by atomic mass is 32.2. The fourth-order valence-corrected chi connectivity index (χ4v) is 3.91. The van der Waals surface area contributed by atoms with Gasteiger partial charge in [0.05, 0.1) is 24.3 Å². The number of imidazole rings is 1. The molecule has 0 spiro atoms. The summed E-state index contributed by atoms with van der Waals surface area (Å²) in [6, 6.07) is 27.8. The molecule has 4 rings (SSSR count). The van der Waals surface area contributed by atoms with Gasteiger partial charge in [-0.3, -0.25) is 4.79 Å². The SMILES string of the molecule is COc1cccc(CNC(=O)CSc2nc(-c3ccccc3)c(-c3ccccc3)[nH]2)c1. The molecule has 0 aliphatic carbocycles. The lowest BCUT2D eigenvalue weighted by Gasteiger charge is -2.06. The van der Waals surface area contributed by atoms with Crippen molar-refractivity contribution in [2.75, 3.05) is 12.9 Å². The van der Waals surface area contributed by atoms with Crippen molar-refractivity contribution in [3.05, 3.63) is 90.5 Å². The molecule has 0 bridgehead atoms. The second-order valence-corrected chi connectivity index (χ2v) is 7.88. The molecule has 1 heterocycles. The number of nitrogens with zero attached hydrogens (tertiary/aromatic N) is 1. The fourth-order valence-electron chi connectivity index (χ4n) is 3.21. The van der Waals surface area contributed by atoms with Gasteiger partial charge in [-0.15, -0.1) is 0 Å². The van der Waals surface area contributed by atoms with Gasteiger partial charge in [-0.1, -0.05) is 84.6 Å². The number of ether oxygens (including phenoxy) is 1. The highest BCUT2D eigenvalue weighted by Gasteiger charge is 2.15. The maximum Gasteiger partial charge on any atom is 0.230 e. The van der Waals surface area contributed by atoms with E-state index in [0.29, 0.717) is 11.7 Å². The van der Waals surface area contributed by atoms with Crippen molar-refractivity contribution < 1.29 is 9.53 Å². The van der Waals surface area contributed by atoms with Crippen molar-refractivity contribution in [3.63, 3.8) is 0 Å². The number of methoxy groups -OCH3 is 1. The molecule has 31 heavy (non-hydrogen) atoms. The molecule has 1 amide bonds. The Hall–Kier alpha value is -3.51. The minimum Gasteiger partial charge on any atom is -0.497 e. The second kappa shape index (κ2) is 10.00. The number of rotatable bonds is 8. The summed E-state index contributed by atoms with van der Waals surface area (Å²) in [5.74, 6) is 1.00. The van der Waals surface area contributed by atoms with E-state index in [-0.39, 0.29) is 11.7 Å². The van der Waals surface area contributed by atoms with Gasteiger partial charge in [-0.2, -0.15) is 0 Å². The van der Waals surface area contributed by atoms with Gasteiger partial charge in [0.2, 0.25) is 5.91 Å². The first-order chi connectivity index (χ1) is 15.2. The minimum absolute atomic E-state index is 0.0493. The van der Waals surface area contributed by atoms with E-state index in [2.05, 4.69) is 22.4 Å². The number of carbonyl (C=O) groups is 1. The van der Waals surface area contributed by atoms with Crippen molar-refractivity contribution in [1.29, 1.82) is 0 Å². The Morgan fingerprint density at radius 2 is 1.68 bits per heavy atom. The number of carbonyl (C=O) groups excluding carboxylic acids is 1. The van der Waals surface area contributed by atoms with Crippen LogP contribution in [-0.4, -0.2) is 28.7 Å². The zero-order chi connectivity index (χ0) is 21.5. The third kappa shape index (κ3) is 5.35. The Balaban J connectivity index is 1.45. The molecule has 4 aromatic rings. The van der Waals surface area contributed by atoms with Crippen molar-refractivity contribution in [1.82, 2.24) is 15.3 Å². The molecule has 156 valence electrons. The smallest absolute Gasteiger partial charge is 0.230 e. The maximum atomic E-state index is 12.4. The zero-order valence-corrected chi connectivity index (χ0v) is 18.0. The largest absolute Gasteiger partial charge is 0.497 e. The van der Waals surface area contributed by atoms with Gasteiger partial charge < -0.3 is 15.0 Å². The summed E-state index contributed by atoms with van der Waals surface area (Å²) in [7, 11) is 1.63. The Morgan fingerprint density at radius 3 is 2.39 bits per heavy atom. The number of aromatic nitrogens is 2. The first-order valence-corrected chi connectivity index (χ1v) is 10.9. The van der Waals surface area contributed by atoms with E-state index < -0.39 is 0 Å². The average molecular weight is 430 g/mol. The lowest BCUT2D eigenvalue weighted by atomic mass is 10.1. The number of amides is 1. The molecule has 0 aliphatic rings. The number of thioether (sulfide) groups is 1. The fraction of sp³-hybridized carbons (Fsp3) is 0.120. The molecule has 0 saturated carbocycles. The molecule has 0 saturated heterocycles. The van der Waals surface area contributed by atoms with Crippen LogP contribution in [0.5, 0.6) is 5.75 Å². The van der Waals surface area contributed by atoms with Crippen LogP contribution in [0.1, 0.15) is 5.56 Å². The van der Waals surface area contributed by atoms with Crippen LogP contribution in [0.4, 0.5) is 0 Å². The highest BCUT2D eigenvalue weighted by Crippen LogP contribution is 2.32. The van der Waals surface area contributed by atoms with E-state index in [1.807, 2.05) is 72.8 Å². The molecule has 2 N–H and O–H groups in total. The number of hydrogen-bond acceptors (Lipinski definition) is 4. The summed E-state index contributed by atoms with van der Waals surface area (Å²) < 4.78 is 5.22. The molecular weight excluding hydrogens is 406 g/mol. The summed E-state index contributed by atoms with van der Waals surface area (Å²) in [4.78, 5) is 20.5. The third-order valence-corrected chi connectivity index (χ3v) is 5.63. The highest BCUT2D eigenvalue weighted by molar-refractivity contribution is 7.99. The normalized spacial score (nSPS) is 10.6. The van der Waals surface area contributed by atoms with E-state index >= 15 is 0 Å². The van der Waals surface area contributed by atoms with Gasteiger partial charge >= 0.3 is 0 Å². The molecule has 5 nitrogen and oxygen atoms in total. The number of nitrogens with one attached hydrogen (secondary N) is 2. The third-order valence-electron chi connectivity index (χ3n) is 4.76. The van der Waals surface area contributed by atoms with Gasteiger partial charge in [-0.25, -0.2) is 4.98 Å². The Morgan fingerprint density at radius 1 is 0.968 bits per heavy atom. The van der Waals surface area contributed by atoms with Crippen LogP contribution in [0.2, 0.25) is 0 Å². The summed E-state index contributed by atoms with van der Waals surface area (Å²) in [6.45, 7) is 0.458. The van der Waals surface area contributed by atoms with Gasteiger partial charge in [0.1, 0.15) is 5.75 Å². The van der Waals surface area contributed by atoms with Crippen molar-refractivity contribution in [3.8, 4) is 28.3 Å². The standard InChI is InChI=1S/C25H23N3O2S/c1-30-21-14-8-9-18(15-21)16-26-22(29)17-31-25-27-23(19-10-4-2-5-11-19)24(28-25)20-12-6-3-7-13-20/h2-15H,16-17H2,1H3,(H,26,29)(H,27,28). The van der Waals surface area contributed by atoms with Gasteiger partial charge in [0.25, 0.3) is 0 Å². The van der Waals surface area contributed by atoms with Crippen LogP contribution in [0, 0.1) is 0 Å². The Kier molecular flexibility index (Phi) is 6.69. The minimum atomic E-state index is -0.0493. The van der Waals surface area contributed by atoms with Crippen LogP contribution >= 0.6 is 11.8 Å². The maximum absolute atomic E-state index is 12.4. The van der Waals surface area contributed by atoms with Gasteiger partial charge in [-0.05, 0) is 17.7 Å². The quantitative estimate of drug-likeness (QED) is 0.380. The molecule has 6 heteroatoms. The van der Waals surface area contributed by atoms with Crippen LogP contribution in [0.25, 0.3) is 22.5 Å². The zero-order valence-electron chi connectivity index (χ0n) is 17.2. The number of H-pyrrole nitrogens is 1. The van der Waals surface area contributed by atoms with Crippen LogP contribution in [0.15, 0.2) is 90.1 Å².